The van der Waals surface area contributed by atoms with Crippen LogP contribution in [0.2, 0.25) is 0 Å². The molecule has 0 saturated heterocycles. The fourth-order valence-electron chi connectivity index (χ4n) is 0.574. The Morgan fingerprint density at radius 1 is 1.27 bits per heavy atom. The van der Waals surface area contributed by atoms with Crippen LogP contribution in [0.25, 0.3) is 0 Å². The smallest absolute Gasteiger partial charge is 0.545 e. The number of carboxylic acids is 1. The zero-order chi connectivity index (χ0) is 11.0. The molecule has 0 aliphatic carbocycles. The van der Waals surface area contributed by atoms with Crippen molar-refractivity contribution in [1.82, 2.24) is 0 Å². The number of carboxylic acid groups (broad SMARTS) is 1. The number of hydrogen-bond donors (Lipinski definition) is 1. The number of thiol groups is 1. The van der Waals surface area contributed by atoms with Gasteiger partial charge in [0.15, 0.2) is 0 Å². The van der Waals surface area contributed by atoms with Crippen LogP contribution in [0.5, 0.6) is 0 Å². The third kappa shape index (κ3) is 9.89. The van der Waals surface area contributed by atoms with Gasteiger partial charge in [0.05, 0.1) is 13.1 Å². The van der Waals surface area contributed by atoms with Gasteiger partial charge >= 0.3 is 29.6 Å². The minimum absolute atomic E-state index is 0. The molecule has 0 heterocycles. The van der Waals surface area contributed by atoms with Crippen LogP contribution >= 0.6 is 0 Å². The van der Waals surface area contributed by atoms with E-state index in [0.717, 1.165) is 7.11 Å². The molecular formula is C8H9NaO5S. The molecule has 0 saturated carbocycles. The summed E-state index contributed by atoms with van der Waals surface area (Å²) < 4.78 is 22.1. The van der Waals surface area contributed by atoms with E-state index >= 15 is 0 Å². The predicted molar refractivity (Wildman–Crippen MR) is 48.1 cm³/mol. The normalized spacial score (nSPS) is 8.40. The van der Waals surface area contributed by atoms with Crippen LogP contribution in [0.1, 0.15) is 10.4 Å². The first-order chi connectivity index (χ1) is 6.57. The molecule has 1 aromatic rings. The molecule has 78 valence electrons. The Balaban J connectivity index is 0. The first-order valence-corrected chi connectivity index (χ1v) is 4.62. The summed E-state index contributed by atoms with van der Waals surface area (Å²) in [5.41, 5.74) is 0.220. The van der Waals surface area contributed by atoms with Crippen molar-refractivity contribution >= 4 is 17.0 Å². The van der Waals surface area contributed by atoms with Crippen molar-refractivity contribution < 1.29 is 52.1 Å². The van der Waals surface area contributed by atoms with Crippen LogP contribution < -0.4 is 34.7 Å². The molecule has 0 radical (unpaired) electrons. The van der Waals surface area contributed by atoms with E-state index in [2.05, 4.69) is 4.18 Å². The second-order valence-corrected chi connectivity index (χ2v) is 2.87. The van der Waals surface area contributed by atoms with E-state index in [1.165, 1.54) is 12.1 Å². The van der Waals surface area contributed by atoms with E-state index in [4.69, 9.17) is 0 Å². The van der Waals surface area contributed by atoms with Crippen molar-refractivity contribution in [2.75, 3.05) is 7.11 Å². The largest absolute Gasteiger partial charge is 1.00 e. The van der Waals surface area contributed by atoms with Gasteiger partial charge in [0.25, 0.3) is 11.0 Å². The predicted octanol–water partition coefficient (Wildman–Crippen LogP) is -3.79. The van der Waals surface area contributed by atoms with Crippen molar-refractivity contribution in [3.8, 4) is 0 Å². The summed E-state index contributed by atoms with van der Waals surface area (Å²) in [6.07, 6.45) is 0. The van der Waals surface area contributed by atoms with Gasteiger partial charge in [0.2, 0.25) is 0 Å². The number of carbonyl (C=O) groups excluding carboxylic acids is 1. The average molecular weight is 240 g/mol. The molecule has 1 rings (SSSR count). The van der Waals surface area contributed by atoms with Crippen molar-refractivity contribution in [3.63, 3.8) is 0 Å². The Labute approximate surface area is 112 Å². The zero-order valence-electron chi connectivity index (χ0n) is 8.38. The molecular weight excluding hydrogens is 231 g/mol. The van der Waals surface area contributed by atoms with E-state index in [1.807, 2.05) is 0 Å². The first kappa shape index (κ1) is 17.0. The van der Waals surface area contributed by atoms with E-state index in [1.54, 1.807) is 18.2 Å². The average Bonchev–Trinajstić information content (AvgIpc) is 2.20. The molecule has 0 unspecified atom stereocenters. The summed E-state index contributed by atoms with van der Waals surface area (Å²) in [6, 6.07) is 8.06. The van der Waals surface area contributed by atoms with Gasteiger partial charge in [0.1, 0.15) is 0 Å². The van der Waals surface area contributed by atoms with Crippen molar-refractivity contribution in [1.29, 1.82) is 0 Å². The van der Waals surface area contributed by atoms with Gasteiger partial charge in [-0.25, -0.2) is 8.42 Å². The van der Waals surface area contributed by atoms with Gasteiger partial charge in [-0.15, -0.1) is 0 Å². The second-order valence-electron chi connectivity index (χ2n) is 2.06. The van der Waals surface area contributed by atoms with E-state index < -0.39 is 17.0 Å². The number of benzene rings is 1. The number of rotatable bonds is 2. The van der Waals surface area contributed by atoms with Crippen LogP contribution in [0.3, 0.4) is 0 Å². The van der Waals surface area contributed by atoms with E-state index in [9.17, 15) is 18.3 Å². The Morgan fingerprint density at radius 2 is 1.67 bits per heavy atom. The topological polar surface area (TPSA) is 83.5 Å². The first-order valence-electron chi connectivity index (χ1n) is 3.52. The standard InChI is InChI=1S/C7H6O2.CH4O3S.Na/c8-7(9)6-4-2-1-3-5-6;1-4-5(2)3;/h1-5H,(H,8,9);5H,1H3;/q;;+1/p-1. The summed E-state index contributed by atoms with van der Waals surface area (Å²) in [4.78, 5) is 10.1. The van der Waals surface area contributed by atoms with Crippen molar-refractivity contribution in [3.05, 3.63) is 35.9 Å². The zero-order valence-corrected chi connectivity index (χ0v) is 11.3. The molecule has 0 fully saturated rings. The maximum Gasteiger partial charge on any atom is 1.00 e. The fraction of sp³-hybridized carbons (Fsp3) is 0.125. The molecule has 7 heteroatoms. The molecule has 0 amide bonds. The van der Waals surface area contributed by atoms with Crippen molar-refractivity contribution in [2.24, 2.45) is 0 Å². The Morgan fingerprint density at radius 3 is 1.87 bits per heavy atom. The van der Waals surface area contributed by atoms with E-state index in [0.29, 0.717) is 0 Å². The quantitative estimate of drug-likeness (QED) is 0.423. The summed E-state index contributed by atoms with van der Waals surface area (Å²) in [5, 5.41) is 10.1. The van der Waals surface area contributed by atoms with Gasteiger partial charge < -0.3 is 9.90 Å². The van der Waals surface area contributed by atoms with Crippen LogP contribution in [0.15, 0.2) is 30.3 Å². The Bertz CT molecular complexity index is 341. The van der Waals surface area contributed by atoms with Crippen LogP contribution in [-0.4, -0.2) is 21.5 Å². The molecule has 0 spiro atoms. The number of carbonyl (C=O) groups is 1. The maximum atomic E-state index is 10.1. The summed E-state index contributed by atoms with van der Waals surface area (Å²) >= 11 is 0. The Kier molecular flexibility index (Phi) is 11.5. The van der Waals surface area contributed by atoms with Gasteiger partial charge in [-0.2, -0.15) is 0 Å². The Hall–Kier alpha value is -0.400. The number of aromatic carboxylic acids is 1. The summed E-state index contributed by atoms with van der Waals surface area (Å²) in [7, 11) is -1.50. The molecule has 0 atom stereocenters. The second kappa shape index (κ2) is 10.1. The summed E-state index contributed by atoms with van der Waals surface area (Å²) in [5.74, 6) is -1.13. The van der Waals surface area contributed by atoms with Gasteiger partial charge in [0, 0.05) is 0 Å². The van der Waals surface area contributed by atoms with Gasteiger partial charge in [-0.1, -0.05) is 30.3 Å². The van der Waals surface area contributed by atoms with Crippen LogP contribution in [0.4, 0.5) is 0 Å². The molecule has 0 aromatic heterocycles. The van der Waals surface area contributed by atoms with Crippen molar-refractivity contribution in [2.45, 2.75) is 0 Å². The third-order valence-electron chi connectivity index (χ3n) is 1.16. The fourth-order valence-corrected chi connectivity index (χ4v) is 0.574. The molecule has 0 aliphatic rings. The molecule has 5 nitrogen and oxygen atoms in total. The van der Waals surface area contributed by atoms with Gasteiger partial charge in [-0.05, 0) is 5.56 Å². The SMILES string of the molecule is CO[SH](=O)=O.O=C([O-])c1ccccc1.[Na+]. The molecule has 15 heavy (non-hydrogen) atoms. The monoisotopic (exact) mass is 240 g/mol. The van der Waals surface area contributed by atoms with Crippen LogP contribution in [-0.2, 0) is 15.2 Å². The molecule has 1 aromatic carbocycles. The third-order valence-corrected chi connectivity index (χ3v) is 1.46. The molecule has 0 bridgehead atoms. The maximum absolute atomic E-state index is 10.1. The van der Waals surface area contributed by atoms with Gasteiger partial charge in [-0.3, -0.25) is 4.18 Å². The molecule has 0 aliphatic heterocycles. The summed E-state index contributed by atoms with van der Waals surface area (Å²) in [6.45, 7) is 0. The minimum atomic E-state index is -2.60. The number of hydrogen-bond acceptors (Lipinski definition) is 5. The molecule has 0 N–H and O–H groups in total. The van der Waals surface area contributed by atoms with E-state index in [-0.39, 0.29) is 35.1 Å². The minimum Gasteiger partial charge on any atom is -0.545 e. The van der Waals surface area contributed by atoms with Crippen LogP contribution in [0, 0.1) is 0 Å².